The van der Waals surface area contributed by atoms with E-state index in [2.05, 4.69) is 15.3 Å². The maximum Gasteiger partial charge on any atom is 0.160 e. The number of aliphatic hydroxyl groups is 1. The number of fused-ring (bicyclic) bond motifs is 1. The summed E-state index contributed by atoms with van der Waals surface area (Å²) in [5.74, 6) is 1.18. The van der Waals surface area contributed by atoms with Crippen molar-refractivity contribution in [3.05, 3.63) is 36.8 Å². The highest BCUT2D eigenvalue weighted by molar-refractivity contribution is 5.77. The molecule has 2 aromatic heterocycles. The van der Waals surface area contributed by atoms with Crippen LogP contribution in [0.25, 0.3) is 16.9 Å². The number of aromatic hydroxyl groups is 1. The molecule has 7 nitrogen and oxygen atoms in total. The number of ether oxygens (including phenoxy) is 1. The molecule has 0 aliphatic rings. The number of nitrogens with zero attached hydrogens (tertiary/aromatic N) is 3. The number of aromatic nitrogens is 3. The molecule has 0 amide bonds. The Labute approximate surface area is 126 Å². The van der Waals surface area contributed by atoms with Gasteiger partial charge in [-0.25, -0.2) is 4.98 Å². The van der Waals surface area contributed by atoms with Gasteiger partial charge in [0, 0.05) is 24.5 Å². The quantitative estimate of drug-likeness (QED) is 0.661. The summed E-state index contributed by atoms with van der Waals surface area (Å²) in [5, 5.41) is 22.2. The fraction of sp³-hybridized carbons (Fsp3) is 0.200. The SMILES string of the molecule is COc1ccc(-c2nc3cnccn3c2NCCO)cc1O. The van der Waals surface area contributed by atoms with Crippen LogP contribution in [-0.2, 0) is 0 Å². The monoisotopic (exact) mass is 300 g/mol. The van der Waals surface area contributed by atoms with Crippen LogP contribution >= 0.6 is 0 Å². The van der Waals surface area contributed by atoms with Crippen molar-refractivity contribution in [2.75, 3.05) is 25.6 Å². The smallest absolute Gasteiger partial charge is 0.160 e. The van der Waals surface area contributed by atoms with Crippen molar-refractivity contribution < 1.29 is 14.9 Å². The zero-order valence-electron chi connectivity index (χ0n) is 12.0. The van der Waals surface area contributed by atoms with Crippen LogP contribution in [0.1, 0.15) is 0 Å². The van der Waals surface area contributed by atoms with E-state index >= 15 is 0 Å². The Kier molecular flexibility index (Phi) is 3.80. The maximum atomic E-state index is 9.96. The first-order valence-electron chi connectivity index (χ1n) is 6.78. The van der Waals surface area contributed by atoms with E-state index in [0.717, 1.165) is 11.4 Å². The molecular weight excluding hydrogens is 284 g/mol. The van der Waals surface area contributed by atoms with E-state index in [9.17, 15) is 5.11 Å². The number of imidazole rings is 1. The second kappa shape index (κ2) is 5.90. The van der Waals surface area contributed by atoms with Crippen molar-refractivity contribution in [3.8, 4) is 22.8 Å². The molecule has 0 aliphatic carbocycles. The van der Waals surface area contributed by atoms with Gasteiger partial charge in [-0.1, -0.05) is 0 Å². The van der Waals surface area contributed by atoms with Gasteiger partial charge in [-0.05, 0) is 18.2 Å². The van der Waals surface area contributed by atoms with Crippen LogP contribution < -0.4 is 10.1 Å². The van der Waals surface area contributed by atoms with Crippen molar-refractivity contribution in [1.82, 2.24) is 14.4 Å². The molecule has 0 fully saturated rings. The molecule has 0 radical (unpaired) electrons. The normalized spacial score (nSPS) is 10.8. The molecule has 114 valence electrons. The van der Waals surface area contributed by atoms with Gasteiger partial charge in [-0.2, -0.15) is 0 Å². The Hall–Kier alpha value is -2.80. The highest BCUT2D eigenvalue weighted by Crippen LogP contribution is 2.34. The third-order valence-corrected chi connectivity index (χ3v) is 3.29. The van der Waals surface area contributed by atoms with Gasteiger partial charge in [0.2, 0.25) is 0 Å². The fourth-order valence-corrected chi connectivity index (χ4v) is 2.29. The third kappa shape index (κ3) is 2.42. The Balaban J connectivity index is 2.14. The van der Waals surface area contributed by atoms with Crippen LogP contribution in [0.3, 0.4) is 0 Å². The number of phenols is 1. The summed E-state index contributed by atoms with van der Waals surface area (Å²) in [7, 11) is 1.50. The molecule has 2 heterocycles. The largest absolute Gasteiger partial charge is 0.504 e. The Bertz CT molecular complexity index is 801. The van der Waals surface area contributed by atoms with Crippen LogP contribution in [0.4, 0.5) is 5.82 Å². The Morgan fingerprint density at radius 3 is 2.95 bits per heavy atom. The number of aliphatic hydroxyl groups excluding tert-OH is 1. The van der Waals surface area contributed by atoms with Crippen molar-refractivity contribution in [3.63, 3.8) is 0 Å². The molecule has 0 saturated heterocycles. The van der Waals surface area contributed by atoms with Gasteiger partial charge in [0.05, 0.1) is 19.9 Å². The lowest BCUT2D eigenvalue weighted by Crippen LogP contribution is -2.08. The summed E-state index contributed by atoms with van der Waals surface area (Å²) in [4.78, 5) is 8.59. The van der Waals surface area contributed by atoms with Gasteiger partial charge < -0.3 is 20.3 Å². The molecule has 0 atom stereocenters. The molecular formula is C15H16N4O3. The number of phenolic OH excluding ortho intramolecular Hbond substituents is 1. The van der Waals surface area contributed by atoms with E-state index in [-0.39, 0.29) is 12.4 Å². The lowest BCUT2D eigenvalue weighted by atomic mass is 10.1. The number of hydrogen-bond acceptors (Lipinski definition) is 6. The van der Waals surface area contributed by atoms with Crippen molar-refractivity contribution in [1.29, 1.82) is 0 Å². The summed E-state index contributed by atoms with van der Waals surface area (Å²) in [6, 6.07) is 5.10. The number of nitrogens with one attached hydrogen (secondary N) is 1. The van der Waals surface area contributed by atoms with Crippen LogP contribution in [0.5, 0.6) is 11.5 Å². The Morgan fingerprint density at radius 2 is 2.23 bits per heavy atom. The van der Waals surface area contributed by atoms with Crippen molar-refractivity contribution in [2.45, 2.75) is 0 Å². The zero-order chi connectivity index (χ0) is 15.5. The second-order valence-electron chi connectivity index (χ2n) is 4.65. The van der Waals surface area contributed by atoms with E-state index in [1.807, 2.05) is 10.5 Å². The van der Waals surface area contributed by atoms with E-state index in [0.29, 0.717) is 23.6 Å². The first-order chi connectivity index (χ1) is 10.7. The predicted octanol–water partition coefficient (Wildman–Crippen LogP) is 1.51. The predicted molar refractivity (Wildman–Crippen MR) is 82.2 cm³/mol. The number of methoxy groups -OCH3 is 1. The number of benzene rings is 1. The maximum absolute atomic E-state index is 9.96. The highest BCUT2D eigenvalue weighted by Gasteiger charge is 2.15. The minimum atomic E-state index is 0.00557. The van der Waals surface area contributed by atoms with Crippen LogP contribution in [0, 0.1) is 0 Å². The van der Waals surface area contributed by atoms with Crippen molar-refractivity contribution >= 4 is 11.5 Å². The molecule has 0 aliphatic heterocycles. The van der Waals surface area contributed by atoms with E-state index in [4.69, 9.17) is 9.84 Å². The van der Waals surface area contributed by atoms with E-state index < -0.39 is 0 Å². The minimum absolute atomic E-state index is 0.00557. The average Bonchev–Trinajstić information content (AvgIpc) is 2.91. The molecule has 0 saturated carbocycles. The molecule has 3 rings (SSSR count). The molecule has 3 N–H and O–H groups in total. The van der Waals surface area contributed by atoms with Gasteiger partial charge in [0.25, 0.3) is 0 Å². The topological polar surface area (TPSA) is 91.9 Å². The Morgan fingerprint density at radius 1 is 1.36 bits per heavy atom. The van der Waals surface area contributed by atoms with E-state index in [1.165, 1.54) is 7.11 Å². The van der Waals surface area contributed by atoms with Gasteiger partial charge in [0.15, 0.2) is 17.1 Å². The molecule has 22 heavy (non-hydrogen) atoms. The number of anilines is 1. The molecule has 0 unspecified atom stereocenters. The molecule has 7 heteroatoms. The van der Waals surface area contributed by atoms with Crippen LogP contribution in [0.15, 0.2) is 36.8 Å². The summed E-state index contributed by atoms with van der Waals surface area (Å²) in [6.45, 7) is 0.400. The van der Waals surface area contributed by atoms with Crippen molar-refractivity contribution in [2.24, 2.45) is 0 Å². The van der Waals surface area contributed by atoms with Gasteiger partial charge in [0.1, 0.15) is 11.5 Å². The minimum Gasteiger partial charge on any atom is -0.504 e. The molecule has 3 aromatic rings. The number of hydrogen-bond donors (Lipinski definition) is 3. The van der Waals surface area contributed by atoms with Crippen LogP contribution in [-0.4, -0.2) is 44.8 Å². The zero-order valence-corrected chi connectivity index (χ0v) is 12.0. The molecule has 0 spiro atoms. The molecule has 1 aromatic carbocycles. The summed E-state index contributed by atoms with van der Waals surface area (Å²) in [5.41, 5.74) is 2.08. The van der Waals surface area contributed by atoms with Gasteiger partial charge in [-0.3, -0.25) is 9.38 Å². The second-order valence-corrected chi connectivity index (χ2v) is 4.65. The summed E-state index contributed by atoms with van der Waals surface area (Å²) < 4.78 is 6.90. The lowest BCUT2D eigenvalue weighted by molar-refractivity contribution is 0.311. The van der Waals surface area contributed by atoms with Gasteiger partial charge in [-0.15, -0.1) is 0 Å². The standard InChI is InChI=1S/C15H16N4O3/c1-22-12-3-2-10(8-11(12)21)14-15(17-5-7-20)19-6-4-16-9-13(19)18-14/h2-4,6,8-9,17,20-21H,5,7H2,1H3. The number of rotatable bonds is 5. The van der Waals surface area contributed by atoms with Crippen LogP contribution in [0.2, 0.25) is 0 Å². The highest BCUT2D eigenvalue weighted by atomic mass is 16.5. The first kappa shape index (κ1) is 14.2. The first-order valence-corrected chi connectivity index (χ1v) is 6.78. The average molecular weight is 300 g/mol. The molecule has 0 bridgehead atoms. The third-order valence-electron chi connectivity index (χ3n) is 3.29. The lowest BCUT2D eigenvalue weighted by Gasteiger charge is -2.08. The van der Waals surface area contributed by atoms with E-state index in [1.54, 1.807) is 30.7 Å². The fourth-order valence-electron chi connectivity index (χ4n) is 2.29. The van der Waals surface area contributed by atoms with Gasteiger partial charge >= 0.3 is 0 Å². The summed E-state index contributed by atoms with van der Waals surface area (Å²) >= 11 is 0. The summed E-state index contributed by atoms with van der Waals surface area (Å²) in [6.07, 6.45) is 5.10.